The molecule has 4 heteroatoms. The van der Waals surface area contributed by atoms with Gasteiger partial charge in [-0.15, -0.1) is 0 Å². The second kappa shape index (κ2) is 6.57. The van der Waals surface area contributed by atoms with Crippen molar-refractivity contribution in [1.29, 1.82) is 0 Å². The van der Waals surface area contributed by atoms with Gasteiger partial charge in [-0.2, -0.15) is 0 Å². The van der Waals surface area contributed by atoms with Crippen LogP contribution >= 0.6 is 0 Å². The molecule has 0 spiro atoms. The van der Waals surface area contributed by atoms with Crippen molar-refractivity contribution in [2.24, 2.45) is 5.92 Å². The van der Waals surface area contributed by atoms with Crippen LogP contribution in [0.3, 0.4) is 0 Å². The fourth-order valence-corrected chi connectivity index (χ4v) is 1.81. The molecule has 0 aromatic carbocycles. The van der Waals surface area contributed by atoms with Crippen LogP contribution in [0.4, 0.5) is 0 Å². The largest absolute Gasteiger partial charge is 0.477 e. The van der Waals surface area contributed by atoms with Crippen molar-refractivity contribution in [3.8, 4) is 5.88 Å². The number of ether oxygens (including phenoxy) is 2. The second-order valence-corrected chi connectivity index (χ2v) is 4.29. The van der Waals surface area contributed by atoms with E-state index in [9.17, 15) is 0 Å². The molecule has 94 valence electrons. The summed E-state index contributed by atoms with van der Waals surface area (Å²) in [5.41, 5.74) is 1.02. The molecule has 2 heterocycles. The lowest BCUT2D eigenvalue weighted by molar-refractivity contribution is 0.165. The van der Waals surface area contributed by atoms with Crippen LogP contribution in [-0.4, -0.2) is 31.3 Å². The maximum atomic E-state index is 5.69. The zero-order chi connectivity index (χ0) is 11.9. The Bertz CT molecular complexity index is 338. The topological polar surface area (TPSA) is 43.4 Å². The molecule has 1 aliphatic rings. The highest BCUT2D eigenvalue weighted by Crippen LogP contribution is 2.15. The molecule has 1 unspecified atom stereocenters. The number of aromatic nitrogens is 1. The van der Waals surface area contributed by atoms with Crippen molar-refractivity contribution in [3.63, 3.8) is 0 Å². The Morgan fingerprint density at radius 3 is 3.24 bits per heavy atom. The molecule has 1 saturated heterocycles. The predicted octanol–water partition coefficient (Wildman–Crippen LogP) is 1.61. The summed E-state index contributed by atoms with van der Waals surface area (Å²) < 4.78 is 11.0. The zero-order valence-electron chi connectivity index (χ0n) is 10.3. The van der Waals surface area contributed by atoms with Gasteiger partial charge in [0.1, 0.15) is 0 Å². The Labute approximate surface area is 102 Å². The highest BCUT2D eigenvalue weighted by molar-refractivity contribution is 5.15. The molecule has 1 aliphatic heterocycles. The SMILES string of the molecule is CCNCc1cccc(OCC2CCOC2)n1. The van der Waals surface area contributed by atoms with Crippen molar-refractivity contribution in [3.05, 3.63) is 23.9 Å². The average Bonchev–Trinajstić information content (AvgIpc) is 2.87. The van der Waals surface area contributed by atoms with Gasteiger partial charge < -0.3 is 14.8 Å². The third-order valence-corrected chi connectivity index (χ3v) is 2.83. The van der Waals surface area contributed by atoms with Crippen molar-refractivity contribution in [2.75, 3.05) is 26.4 Å². The molecule has 0 saturated carbocycles. The monoisotopic (exact) mass is 236 g/mol. The van der Waals surface area contributed by atoms with Crippen LogP contribution in [0.15, 0.2) is 18.2 Å². The summed E-state index contributed by atoms with van der Waals surface area (Å²) in [5.74, 6) is 1.24. The molecule has 1 aromatic heterocycles. The number of pyridine rings is 1. The maximum absolute atomic E-state index is 5.69. The molecular formula is C13H20N2O2. The van der Waals surface area contributed by atoms with E-state index in [1.165, 1.54) is 0 Å². The smallest absolute Gasteiger partial charge is 0.213 e. The number of nitrogens with one attached hydrogen (secondary N) is 1. The lowest BCUT2D eigenvalue weighted by Crippen LogP contribution is -2.15. The first-order valence-corrected chi connectivity index (χ1v) is 6.25. The van der Waals surface area contributed by atoms with Gasteiger partial charge in [0.2, 0.25) is 5.88 Å². The molecule has 0 amide bonds. The molecule has 1 fully saturated rings. The zero-order valence-corrected chi connectivity index (χ0v) is 10.3. The van der Waals surface area contributed by atoms with Gasteiger partial charge in [-0.05, 0) is 19.0 Å². The fraction of sp³-hybridized carbons (Fsp3) is 0.615. The Morgan fingerprint density at radius 2 is 2.47 bits per heavy atom. The standard InChI is InChI=1S/C13H20N2O2/c1-2-14-8-12-4-3-5-13(15-12)17-10-11-6-7-16-9-11/h3-5,11,14H,2,6-10H2,1H3. The summed E-state index contributed by atoms with van der Waals surface area (Å²) in [6, 6.07) is 5.90. The van der Waals surface area contributed by atoms with E-state index in [2.05, 4.69) is 17.2 Å². The minimum atomic E-state index is 0.522. The first-order chi connectivity index (χ1) is 8.38. The lowest BCUT2D eigenvalue weighted by Gasteiger charge is -2.10. The number of nitrogens with zero attached hydrogens (tertiary/aromatic N) is 1. The van der Waals surface area contributed by atoms with Gasteiger partial charge in [0.25, 0.3) is 0 Å². The Morgan fingerprint density at radius 1 is 1.53 bits per heavy atom. The van der Waals surface area contributed by atoms with Gasteiger partial charge in [-0.3, -0.25) is 0 Å². The molecule has 1 atom stereocenters. The first-order valence-electron chi connectivity index (χ1n) is 6.25. The third-order valence-electron chi connectivity index (χ3n) is 2.83. The van der Waals surface area contributed by atoms with Crippen LogP contribution in [0.5, 0.6) is 5.88 Å². The summed E-state index contributed by atoms with van der Waals surface area (Å²) in [4.78, 5) is 4.45. The summed E-state index contributed by atoms with van der Waals surface area (Å²) >= 11 is 0. The van der Waals surface area contributed by atoms with E-state index in [1.807, 2.05) is 18.2 Å². The van der Waals surface area contributed by atoms with E-state index >= 15 is 0 Å². The molecule has 1 aromatic rings. The van der Waals surface area contributed by atoms with Crippen LogP contribution in [-0.2, 0) is 11.3 Å². The number of hydrogen-bond acceptors (Lipinski definition) is 4. The van der Waals surface area contributed by atoms with Crippen molar-refractivity contribution >= 4 is 0 Å². The van der Waals surface area contributed by atoms with Gasteiger partial charge in [0, 0.05) is 25.1 Å². The Hall–Kier alpha value is -1.13. The van der Waals surface area contributed by atoms with E-state index < -0.39 is 0 Å². The van der Waals surface area contributed by atoms with Gasteiger partial charge in [-0.1, -0.05) is 13.0 Å². The van der Waals surface area contributed by atoms with Gasteiger partial charge >= 0.3 is 0 Å². The minimum absolute atomic E-state index is 0.522. The molecule has 0 aliphatic carbocycles. The maximum Gasteiger partial charge on any atom is 0.213 e. The summed E-state index contributed by atoms with van der Waals surface area (Å²) in [6.07, 6.45) is 1.09. The van der Waals surface area contributed by atoms with E-state index in [4.69, 9.17) is 9.47 Å². The van der Waals surface area contributed by atoms with Gasteiger partial charge in [-0.25, -0.2) is 4.98 Å². The predicted molar refractivity (Wildman–Crippen MR) is 66.0 cm³/mol. The quantitative estimate of drug-likeness (QED) is 0.815. The molecule has 2 rings (SSSR count). The van der Waals surface area contributed by atoms with Crippen molar-refractivity contribution < 1.29 is 9.47 Å². The van der Waals surface area contributed by atoms with Gasteiger partial charge in [0.05, 0.1) is 18.9 Å². The van der Waals surface area contributed by atoms with Gasteiger partial charge in [0.15, 0.2) is 0 Å². The molecule has 0 bridgehead atoms. The average molecular weight is 236 g/mol. The molecule has 4 nitrogen and oxygen atoms in total. The Kier molecular flexibility index (Phi) is 4.76. The summed E-state index contributed by atoms with van der Waals surface area (Å²) in [6.45, 7) is 6.21. The minimum Gasteiger partial charge on any atom is -0.477 e. The Balaban J connectivity index is 1.82. The van der Waals surface area contributed by atoms with Crippen LogP contribution in [0, 0.1) is 5.92 Å². The van der Waals surface area contributed by atoms with E-state index in [0.29, 0.717) is 18.4 Å². The molecular weight excluding hydrogens is 216 g/mol. The third kappa shape index (κ3) is 3.98. The molecule has 0 radical (unpaired) electrons. The fourth-order valence-electron chi connectivity index (χ4n) is 1.81. The number of rotatable bonds is 6. The summed E-state index contributed by atoms with van der Waals surface area (Å²) in [7, 11) is 0. The molecule has 17 heavy (non-hydrogen) atoms. The highest BCUT2D eigenvalue weighted by Gasteiger charge is 2.16. The highest BCUT2D eigenvalue weighted by atomic mass is 16.5. The van der Waals surface area contributed by atoms with Crippen LogP contribution in [0.25, 0.3) is 0 Å². The van der Waals surface area contributed by atoms with Crippen LogP contribution in [0.1, 0.15) is 19.0 Å². The van der Waals surface area contributed by atoms with E-state index in [0.717, 1.165) is 38.4 Å². The second-order valence-electron chi connectivity index (χ2n) is 4.29. The van der Waals surface area contributed by atoms with Crippen molar-refractivity contribution in [2.45, 2.75) is 19.9 Å². The number of hydrogen-bond donors (Lipinski definition) is 1. The van der Waals surface area contributed by atoms with E-state index in [-0.39, 0.29) is 0 Å². The molecule has 1 N–H and O–H groups in total. The van der Waals surface area contributed by atoms with Crippen molar-refractivity contribution in [1.82, 2.24) is 10.3 Å². The normalized spacial score (nSPS) is 19.5. The van der Waals surface area contributed by atoms with Crippen LogP contribution < -0.4 is 10.1 Å². The summed E-state index contributed by atoms with van der Waals surface area (Å²) in [5, 5.41) is 3.25. The lowest BCUT2D eigenvalue weighted by atomic mass is 10.1. The first kappa shape index (κ1) is 12.3. The van der Waals surface area contributed by atoms with Crippen LogP contribution in [0.2, 0.25) is 0 Å². The van der Waals surface area contributed by atoms with E-state index in [1.54, 1.807) is 0 Å².